The first-order chi connectivity index (χ1) is 14.7. The van der Waals surface area contributed by atoms with Gasteiger partial charge in [0.1, 0.15) is 5.69 Å². The van der Waals surface area contributed by atoms with E-state index in [4.69, 9.17) is 0 Å². The minimum absolute atomic E-state index is 0.159. The Balaban J connectivity index is 1.61. The Morgan fingerprint density at radius 1 is 1.16 bits per heavy atom. The molecule has 0 saturated carbocycles. The van der Waals surface area contributed by atoms with E-state index in [-0.39, 0.29) is 28.5 Å². The average molecular weight is 446 g/mol. The third-order valence-electron chi connectivity index (χ3n) is 4.79. The summed E-state index contributed by atoms with van der Waals surface area (Å²) in [5, 5.41) is 6.52. The zero-order chi connectivity index (χ0) is 22.3. The van der Waals surface area contributed by atoms with E-state index < -0.39 is 33.3 Å². The highest BCUT2D eigenvalue weighted by atomic mass is 32.2. The van der Waals surface area contributed by atoms with Gasteiger partial charge in [-0.2, -0.15) is 5.10 Å². The van der Waals surface area contributed by atoms with Crippen LogP contribution in [0.3, 0.4) is 0 Å². The van der Waals surface area contributed by atoms with Gasteiger partial charge in [0.05, 0.1) is 4.90 Å². The lowest BCUT2D eigenvalue weighted by Crippen LogP contribution is -2.31. The molecule has 160 valence electrons. The number of para-hydroxylation sites is 1. The van der Waals surface area contributed by atoms with Crippen LogP contribution in [0.15, 0.2) is 47.5 Å². The molecule has 2 amide bonds. The molecule has 0 spiro atoms. The smallest absolute Gasteiger partial charge is 0.285 e. The maximum Gasteiger partial charge on any atom is 0.285 e. The Morgan fingerprint density at radius 2 is 1.87 bits per heavy atom. The highest BCUT2D eigenvalue weighted by Crippen LogP contribution is 2.25. The highest BCUT2D eigenvalue weighted by Gasteiger charge is 2.25. The van der Waals surface area contributed by atoms with Crippen molar-refractivity contribution in [2.24, 2.45) is 0 Å². The molecule has 0 aliphatic carbocycles. The molecule has 0 fully saturated rings. The molecule has 2 aromatic carbocycles. The van der Waals surface area contributed by atoms with E-state index in [1.807, 2.05) is 4.72 Å². The van der Waals surface area contributed by atoms with E-state index in [1.54, 1.807) is 0 Å². The Kier molecular flexibility index (Phi) is 5.05. The van der Waals surface area contributed by atoms with Crippen LogP contribution >= 0.6 is 0 Å². The molecule has 11 heteroatoms. The van der Waals surface area contributed by atoms with Crippen molar-refractivity contribution in [2.45, 2.75) is 24.7 Å². The van der Waals surface area contributed by atoms with Gasteiger partial charge in [0.2, 0.25) is 5.91 Å². The Hall–Kier alpha value is -3.60. The third-order valence-corrected chi connectivity index (χ3v) is 6.12. The standard InChI is InChI=1S/C20H16F2N4O4S/c1-11-10-26(19-14(21)3-2-4-15(19)22)24-18(11)20(28)25-31(29,30)13-6-7-16-12(9-13)5-8-17(27)23-16/h2-4,6-7,9-10H,5,8H2,1H3,(H,23,27)(H,25,28). The number of halogens is 2. The number of benzene rings is 2. The molecule has 0 bridgehead atoms. The monoisotopic (exact) mass is 446 g/mol. The lowest BCUT2D eigenvalue weighted by Gasteiger charge is -2.17. The lowest BCUT2D eigenvalue weighted by atomic mass is 10.0. The summed E-state index contributed by atoms with van der Waals surface area (Å²) in [6, 6.07) is 7.36. The zero-order valence-corrected chi connectivity index (χ0v) is 17.0. The molecule has 0 atom stereocenters. The predicted molar refractivity (Wildman–Crippen MR) is 106 cm³/mol. The summed E-state index contributed by atoms with van der Waals surface area (Å²) in [5.74, 6) is -2.97. The summed E-state index contributed by atoms with van der Waals surface area (Å²) in [6.07, 6.45) is 1.83. The zero-order valence-electron chi connectivity index (χ0n) is 16.1. The molecule has 2 heterocycles. The van der Waals surface area contributed by atoms with Crippen molar-refractivity contribution in [3.05, 3.63) is 71.1 Å². The van der Waals surface area contributed by atoms with Crippen LogP contribution in [0.2, 0.25) is 0 Å². The van der Waals surface area contributed by atoms with E-state index in [1.165, 1.54) is 37.4 Å². The Bertz CT molecular complexity index is 1310. The van der Waals surface area contributed by atoms with Crippen molar-refractivity contribution >= 4 is 27.5 Å². The van der Waals surface area contributed by atoms with Crippen LogP contribution in [0.25, 0.3) is 5.69 Å². The molecule has 3 aromatic rings. The predicted octanol–water partition coefficient (Wildman–Crippen LogP) is 2.46. The van der Waals surface area contributed by atoms with Crippen LogP contribution < -0.4 is 10.0 Å². The van der Waals surface area contributed by atoms with Crippen LogP contribution in [0, 0.1) is 18.6 Å². The van der Waals surface area contributed by atoms with Gasteiger partial charge >= 0.3 is 0 Å². The molecular weight excluding hydrogens is 430 g/mol. The molecule has 31 heavy (non-hydrogen) atoms. The molecule has 1 aliphatic rings. The third kappa shape index (κ3) is 3.91. The topological polar surface area (TPSA) is 110 Å². The first-order valence-electron chi connectivity index (χ1n) is 9.16. The number of anilines is 1. The maximum atomic E-state index is 14.0. The van der Waals surface area contributed by atoms with Gasteiger partial charge < -0.3 is 5.32 Å². The number of rotatable bonds is 4. The summed E-state index contributed by atoms with van der Waals surface area (Å²) in [6.45, 7) is 1.46. The van der Waals surface area contributed by atoms with Gasteiger partial charge in [-0.05, 0) is 49.2 Å². The minimum atomic E-state index is -4.25. The SMILES string of the molecule is Cc1cn(-c2c(F)cccc2F)nc1C(=O)NS(=O)(=O)c1ccc2c(c1)CCC(=O)N2. The van der Waals surface area contributed by atoms with Gasteiger partial charge in [-0.15, -0.1) is 0 Å². The number of nitrogens with one attached hydrogen (secondary N) is 2. The van der Waals surface area contributed by atoms with E-state index in [0.717, 1.165) is 16.8 Å². The van der Waals surface area contributed by atoms with Gasteiger partial charge in [-0.1, -0.05) is 6.07 Å². The number of fused-ring (bicyclic) bond motifs is 1. The molecule has 0 saturated heterocycles. The van der Waals surface area contributed by atoms with Crippen LogP contribution in [-0.2, 0) is 21.2 Å². The fourth-order valence-corrected chi connectivity index (χ4v) is 4.27. The number of carbonyl (C=O) groups is 2. The van der Waals surface area contributed by atoms with Gasteiger partial charge in [-0.25, -0.2) is 26.6 Å². The van der Waals surface area contributed by atoms with Crippen molar-refractivity contribution in [3.63, 3.8) is 0 Å². The number of amides is 2. The largest absolute Gasteiger partial charge is 0.326 e. The Morgan fingerprint density at radius 3 is 2.58 bits per heavy atom. The van der Waals surface area contributed by atoms with Crippen LogP contribution in [-0.4, -0.2) is 30.0 Å². The minimum Gasteiger partial charge on any atom is -0.326 e. The quantitative estimate of drug-likeness (QED) is 0.640. The summed E-state index contributed by atoms with van der Waals surface area (Å²) in [5.41, 5.74) is 0.595. The van der Waals surface area contributed by atoms with Crippen molar-refractivity contribution in [1.29, 1.82) is 0 Å². The number of sulfonamides is 1. The van der Waals surface area contributed by atoms with Crippen molar-refractivity contribution in [1.82, 2.24) is 14.5 Å². The second-order valence-corrected chi connectivity index (χ2v) is 8.66. The van der Waals surface area contributed by atoms with E-state index >= 15 is 0 Å². The van der Waals surface area contributed by atoms with Crippen LogP contribution in [0.5, 0.6) is 0 Å². The first kappa shape index (κ1) is 20.7. The fraction of sp³-hybridized carbons (Fsp3) is 0.150. The van der Waals surface area contributed by atoms with E-state index in [2.05, 4.69) is 10.4 Å². The van der Waals surface area contributed by atoms with Crippen LogP contribution in [0.1, 0.15) is 28.0 Å². The summed E-state index contributed by atoms with van der Waals surface area (Å²) in [4.78, 5) is 23.9. The summed E-state index contributed by atoms with van der Waals surface area (Å²) in [7, 11) is -4.25. The fourth-order valence-electron chi connectivity index (χ4n) is 3.26. The number of nitrogens with zero attached hydrogens (tertiary/aromatic N) is 2. The molecule has 2 N–H and O–H groups in total. The van der Waals surface area contributed by atoms with Gasteiger partial charge in [-0.3, -0.25) is 9.59 Å². The number of carbonyl (C=O) groups excluding carboxylic acids is 2. The second kappa shape index (κ2) is 7.58. The normalized spacial score (nSPS) is 13.5. The molecule has 1 aromatic heterocycles. The number of aromatic nitrogens is 2. The molecule has 0 unspecified atom stereocenters. The Labute approximate surface area is 175 Å². The maximum absolute atomic E-state index is 14.0. The molecule has 1 aliphatic heterocycles. The van der Waals surface area contributed by atoms with E-state index in [0.29, 0.717) is 17.7 Å². The molecule has 4 rings (SSSR count). The first-order valence-corrected chi connectivity index (χ1v) is 10.6. The molecular formula is C20H16F2N4O4S. The van der Waals surface area contributed by atoms with Crippen molar-refractivity contribution in [2.75, 3.05) is 5.32 Å². The summed E-state index contributed by atoms with van der Waals surface area (Å²) >= 11 is 0. The lowest BCUT2D eigenvalue weighted by molar-refractivity contribution is -0.116. The van der Waals surface area contributed by atoms with E-state index in [9.17, 15) is 26.8 Å². The molecule has 8 nitrogen and oxygen atoms in total. The van der Waals surface area contributed by atoms with Gasteiger partial charge in [0.15, 0.2) is 17.3 Å². The number of hydrogen-bond acceptors (Lipinski definition) is 5. The van der Waals surface area contributed by atoms with Gasteiger partial charge in [0.25, 0.3) is 15.9 Å². The second-order valence-electron chi connectivity index (χ2n) is 6.98. The summed E-state index contributed by atoms with van der Waals surface area (Å²) < 4.78 is 56.2. The average Bonchev–Trinajstić information content (AvgIpc) is 3.08. The molecule has 0 radical (unpaired) electrons. The van der Waals surface area contributed by atoms with Crippen LogP contribution in [0.4, 0.5) is 14.5 Å². The van der Waals surface area contributed by atoms with Crippen molar-refractivity contribution in [3.8, 4) is 5.69 Å². The highest BCUT2D eigenvalue weighted by molar-refractivity contribution is 7.90. The van der Waals surface area contributed by atoms with Crippen molar-refractivity contribution < 1.29 is 26.8 Å². The number of aryl methyl sites for hydroxylation is 2. The number of hydrogen-bond donors (Lipinski definition) is 2. The van der Waals surface area contributed by atoms with Gasteiger partial charge in [0, 0.05) is 23.9 Å².